The fourth-order valence-electron chi connectivity index (χ4n) is 1.84. The summed E-state index contributed by atoms with van der Waals surface area (Å²) in [4.78, 5) is 0. The van der Waals surface area contributed by atoms with Gasteiger partial charge in [0.2, 0.25) is 0 Å². The number of hydrogen-bond donors (Lipinski definition) is 2. The van der Waals surface area contributed by atoms with Crippen molar-refractivity contribution in [3.8, 4) is 6.07 Å². The van der Waals surface area contributed by atoms with Crippen molar-refractivity contribution in [2.45, 2.75) is 12.5 Å². The Morgan fingerprint density at radius 3 is 2.37 bits per heavy atom. The van der Waals surface area contributed by atoms with Gasteiger partial charge in [-0.15, -0.1) is 0 Å². The average Bonchev–Trinajstić information content (AvgIpc) is 2.47. The SMILES string of the molecule is N#CCc1ccc(NCC(O)c2ccccc2)cc1. The Balaban J connectivity index is 1.90. The first kappa shape index (κ1) is 13.1. The second kappa shape index (κ2) is 6.58. The smallest absolute Gasteiger partial charge is 0.0962 e. The van der Waals surface area contributed by atoms with Gasteiger partial charge in [-0.1, -0.05) is 42.5 Å². The lowest BCUT2D eigenvalue weighted by molar-refractivity contribution is 0.191. The molecule has 1 unspecified atom stereocenters. The molecular formula is C16H16N2O. The molecule has 0 aliphatic heterocycles. The van der Waals surface area contributed by atoms with Crippen LogP contribution in [0.4, 0.5) is 5.69 Å². The van der Waals surface area contributed by atoms with Crippen molar-refractivity contribution in [3.63, 3.8) is 0 Å². The molecule has 0 saturated carbocycles. The Labute approximate surface area is 113 Å². The number of hydrogen-bond acceptors (Lipinski definition) is 3. The number of nitriles is 1. The molecule has 3 heteroatoms. The van der Waals surface area contributed by atoms with Crippen molar-refractivity contribution in [3.05, 3.63) is 65.7 Å². The molecule has 0 aromatic heterocycles. The van der Waals surface area contributed by atoms with E-state index in [-0.39, 0.29) is 0 Å². The summed E-state index contributed by atoms with van der Waals surface area (Å²) in [5.74, 6) is 0. The summed E-state index contributed by atoms with van der Waals surface area (Å²) in [5.41, 5.74) is 2.84. The maximum absolute atomic E-state index is 10.0. The van der Waals surface area contributed by atoms with Gasteiger partial charge in [0, 0.05) is 12.2 Å². The van der Waals surface area contributed by atoms with Crippen LogP contribution >= 0.6 is 0 Å². The minimum absolute atomic E-state index is 0.424. The minimum atomic E-state index is -0.528. The summed E-state index contributed by atoms with van der Waals surface area (Å²) < 4.78 is 0. The van der Waals surface area contributed by atoms with Crippen LogP contribution in [-0.4, -0.2) is 11.7 Å². The lowest BCUT2D eigenvalue weighted by Gasteiger charge is -2.13. The van der Waals surface area contributed by atoms with Crippen molar-refractivity contribution in [1.29, 1.82) is 5.26 Å². The molecule has 0 fully saturated rings. The molecule has 1 atom stereocenters. The molecule has 3 nitrogen and oxygen atoms in total. The highest BCUT2D eigenvalue weighted by Gasteiger charge is 2.05. The highest BCUT2D eigenvalue weighted by Crippen LogP contribution is 2.15. The topological polar surface area (TPSA) is 56.0 Å². The molecule has 96 valence electrons. The molecule has 0 radical (unpaired) electrons. The molecule has 2 rings (SSSR count). The van der Waals surface area contributed by atoms with E-state index in [1.54, 1.807) is 0 Å². The summed E-state index contributed by atoms with van der Waals surface area (Å²) in [6.45, 7) is 0.460. The zero-order valence-corrected chi connectivity index (χ0v) is 10.6. The van der Waals surface area contributed by atoms with Crippen molar-refractivity contribution in [1.82, 2.24) is 0 Å². The third kappa shape index (κ3) is 3.84. The molecular weight excluding hydrogens is 236 g/mol. The number of nitrogens with one attached hydrogen (secondary N) is 1. The van der Waals surface area contributed by atoms with Crippen LogP contribution in [0.25, 0.3) is 0 Å². The molecule has 0 aliphatic carbocycles. The Morgan fingerprint density at radius 1 is 1.05 bits per heavy atom. The highest BCUT2D eigenvalue weighted by atomic mass is 16.3. The maximum atomic E-state index is 10.0. The second-order valence-corrected chi connectivity index (χ2v) is 4.34. The third-order valence-electron chi connectivity index (χ3n) is 2.92. The van der Waals surface area contributed by atoms with E-state index in [4.69, 9.17) is 5.26 Å². The fourth-order valence-corrected chi connectivity index (χ4v) is 1.84. The monoisotopic (exact) mass is 252 g/mol. The molecule has 0 heterocycles. The first-order chi connectivity index (χ1) is 9.29. The van der Waals surface area contributed by atoms with Gasteiger partial charge in [0.25, 0.3) is 0 Å². The summed E-state index contributed by atoms with van der Waals surface area (Å²) in [7, 11) is 0. The first-order valence-corrected chi connectivity index (χ1v) is 6.22. The lowest BCUT2D eigenvalue weighted by atomic mass is 10.1. The molecule has 2 aromatic carbocycles. The molecule has 0 bridgehead atoms. The summed E-state index contributed by atoms with van der Waals surface area (Å²) in [6.07, 6.45) is -0.104. The quantitative estimate of drug-likeness (QED) is 0.860. The van der Waals surface area contributed by atoms with Gasteiger partial charge >= 0.3 is 0 Å². The van der Waals surface area contributed by atoms with Gasteiger partial charge in [-0.25, -0.2) is 0 Å². The van der Waals surface area contributed by atoms with Crippen LogP contribution in [0.5, 0.6) is 0 Å². The van der Waals surface area contributed by atoms with Crippen molar-refractivity contribution in [2.75, 3.05) is 11.9 Å². The van der Waals surface area contributed by atoms with E-state index in [2.05, 4.69) is 11.4 Å². The summed E-state index contributed by atoms with van der Waals surface area (Å²) >= 11 is 0. The zero-order valence-electron chi connectivity index (χ0n) is 10.6. The predicted molar refractivity (Wildman–Crippen MR) is 75.7 cm³/mol. The van der Waals surface area contributed by atoms with Crippen LogP contribution in [0.1, 0.15) is 17.2 Å². The van der Waals surface area contributed by atoms with Crippen LogP contribution in [0, 0.1) is 11.3 Å². The van der Waals surface area contributed by atoms with Gasteiger partial charge in [-0.3, -0.25) is 0 Å². The van der Waals surface area contributed by atoms with Crippen LogP contribution in [0.3, 0.4) is 0 Å². The number of aliphatic hydroxyl groups excluding tert-OH is 1. The number of rotatable bonds is 5. The number of aliphatic hydroxyl groups is 1. The van der Waals surface area contributed by atoms with E-state index in [1.807, 2.05) is 54.6 Å². The number of nitrogens with zero attached hydrogens (tertiary/aromatic N) is 1. The van der Waals surface area contributed by atoms with E-state index in [9.17, 15) is 5.11 Å². The standard InChI is InChI=1S/C16H16N2O/c17-11-10-13-6-8-15(9-7-13)18-12-16(19)14-4-2-1-3-5-14/h1-9,16,18-19H,10,12H2. The minimum Gasteiger partial charge on any atom is -0.387 e. The Kier molecular flexibility index (Phi) is 4.54. The van der Waals surface area contributed by atoms with Crippen LogP contribution in [0.15, 0.2) is 54.6 Å². The van der Waals surface area contributed by atoms with Crippen molar-refractivity contribution >= 4 is 5.69 Å². The van der Waals surface area contributed by atoms with Gasteiger partial charge in [0.15, 0.2) is 0 Å². The second-order valence-electron chi connectivity index (χ2n) is 4.34. The molecule has 2 N–H and O–H groups in total. The van der Waals surface area contributed by atoms with E-state index >= 15 is 0 Å². The molecule has 0 amide bonds. The molecule has 2 aromatic rings. The summed E-state index contributed by atoms with van der Waals surface area (Å²) in [5, 5.41) is 21.8. The molecule has 0 spiro atoms. The van der Waals surface area contributed by atoms with Gasteiger partial charge in [0.05, 0.1) is 18.6 Å². The molecule has 19 heavy (non-hydrogen) atoms. The Bertz CT molecular complexity index is 543. The number of anilines is 1. The molecule has 0 aliphatic rings. The first-order valence-electron chi connectivity index (χ1n) is 6.22. The maximum Gasteiger partial charge on any atom is 0.0962 e. The lowest BCUT2D eigenvalue weighted by Crippen LogP contribution is -2.11. The van der Waals surface area contributed by atoms with Crippen LogP contribution in [-0.2, 0) is 6.42 Å². The number of benzene rings is 2. The Hall–Kier alpha value is -2.31. The fraction of sp³-hybridized carbons (Fsp3) is 0.188. The van der Waals surface area contributed by atoms with E-state index in [1.165, 1.54) is 0 Å². The van der Waals surface area contributed by atoms with Crippen molar-refractivity contribution < 1.29 is 5.11 Å². The zero-order chi connectivity index (χ0) is 13.5. The summed E-state index contributed by atoms with van der Waals surface area (Å²) in [6, 6.07) is 19.4. The van der Waals surface area contributed by atoms with E-state index in [0.29, 0.717) is 13.0 Å². The van der Waals surface area contributed by atoms with Gasteiger partial charge in [-0.2, -0.15) is 5.26 Å². The normalized spacial score (nSPS) is 11.6. The van der Waals surface area contributed by atoms with Gasteiger partial charge < -0.3 is 10.4 Å². The van der Waals surface area contributed by atoms with Crippen LogP contribution in [0.2, 0.25) is 0 Å². The Morgan fingerprint density at radius 2 is 1.74 bits per heavy atom. The highest BCUT2D eigenvalue weighted by molar-refractivity contribution is 5.45. The van der Waals surface area contributed by atoms with Gasteiger partial charge in [-0.05, 0) is 23.3 Å². The van der Waals surface area contributed by atoms with E-state index in [0.717, 1.165) is 16.8 Å². The molecule has 0 saturated heterocycles. The largest absolute Gasteiger partial charge is 0.387 e. The van der Waals surface area contributed by atoms with Crippen molar-refractivity contribution in [2.24, 2.45) is 0 Å². The predicted octanol–water partition coefficient (Wildman–Crippen LogP) is 2.90. The van der Waals surface area contributed by atoms with E-state index < -0.39 is 6.10 Å². The third-order valence-corrected chi connectivity index (χ3v) is 2.92. The van der Waals surface area contributed by atoms with Crippen LogP contribution < -0.4 is 5.32 Å². The van der Waals surface area contributed by atoms with Gasteiger partial charge in [0.1, 0.15) is 0 Å². The average molecular weight is 252 g/mol.